The van der Waals surface area contributed by atoms with Crippen molar-refractivity contribution < 1.29 is 4.74 Å². The number of likely N-dealkylation sites (tertiary alicyclic amines) is 1. The zero-order valence-corrected chi connectivity index (χ0v) is 13.4. The van der Waals surface area contributed by atoms with Gasteiger partial charge in [-0.25, -0.2) is 0 Å². The molecule has 0 N–H and O–H groups in total. The third-order valence-electron chi connectivity index (χ3n) is 3.87. The van der Waals surface area contributed by atoms with Gasteiger partial charge in [-0.05, 0) is 51.0 Å². The van der Waals surface area contributed by atoms with Crippen molar-refractivity contribution in [2.45, 2.75) is 31.9 Å². The Kier molecular flexibility index (Phi) is 4.88. The summed E-state index contributed by atoms with van der Waals surface area (Å²) in [4.78, 5) is 2.49. The van der Waals surface area contributed by atoms with E-state index in [2.05, 4.69) is 10.0 Å². The summed E-state index contributed by atoms with van der Waals surface area (Å²) in [6.07, 6.45) is 4.17. The van der Waals surface area contributed by atoms with Crippen LogP contribution < -0.4 is 0 Å². The third kappa shape index (κ3) is 3.82. The monoisotopic (exact) mass is 327 g/mol. The van der Waals surface area contributed by atoms with Crippen LogP contribution in [0.15, 0.2) is 29.4 Å². The zero-order chi connectivity index (χ0) is 14.7. The van der Waals surface area contributed by atoms with Crippen LogP contribution in [0.1, 0.15) is 37.5 Å². The first-order valence-corrected chi connectivity index (χ1v) is 8.11. The first-order chi connectivity index (χ1) is 10.2. The Labute approximate surface area is 135 Å². The second kappa shape index (κ2) is 6.86. The van der Waals surface area contributed by atoms with Crippen LogP contribution in [-0.2, 0) is 4.74 Å². The Balaban J connectivity index is 1.49. The lowest BCUT2D eigenvalue weighted by atomic mass is 10.2. The fourth-order valence-electron chi connectivity index (χ4n) is 2.74. The van der Waals surface area contributed by atoms with Gasteiger partial charge in [0.05, 0.1) is 0 Å². The van der Waals surface area contributed by atoms with E-state index in [1.807, 2.05) is 24.3 Å². The third-order valence-corrected chi connectivity index (χ3v) is 4.37. The Morgan fingerprint density at radius 1 is 1.19 bits per heavy atom. The molecule has 0 aliphatic carbocycles. The average molecular weight is 328 g/mol. The van der Waals surface area contributed by atoms with Gasteiger partial charge in [0.25, 0.3) is 0 Å². The maximum absolute atomic E-state index is 6.13. The van der Waals surface area contributed by atoms with E-state index in [1.165, 1.54) is 30.5 Å². The molecule has 1 aromatic rings. The Bertz CT molecular complexity index is 500. The number of hydrogen-bond donors (Lipinski definition) is 0. The van der Waals surface area contributed by atoms with Crippen molar-refractivity contribution in [3.8, 4) is 0 Å². The summed E-state index contributed by atoms with van der Waals surface area (Å²) in [5, 5.41) is 4.97. The molecule has 2 aliphatic rings. The van der Waals surface area contributed by atoms with Crippen LogP contribution in [0.4, 0.5) is 0 Å². The number of nitrogens with zero attached hydrogens (tertiary/aromatic N) is 3. The largest absolute Gasteiger partial charge is 0.449 e. The molecule has 3 rings (SSSR count). The summed E-state index contributed by atoms with van der Waals surface area (Å²) < 4.78 is 7.20. The molecule has 2 aliphatic heterocycles. The maximum atomic E-state index is 6.13. The quantitative estimate of drug-likeness (QED) is 0.765. The van der Waals surface area contributed by atoms with Crippen LogP contribution >= 0.6 is 23.4 Å². The van der Waals surface area contributed by atoms with Gasteiger partial charge in [0, 0.05) is 28.8 Å². The Morgan fingerprint density at radius 2 is 1.90 bits per heavy atom. The second-order valence-corrected chi connectivity index (χ2v) is 6.24. The summed E-state index contributed by atoms with van der Waals surface area (Å²) in [6.45, 7) is 3.56. The molecule has 6 heteroatoms. The highest BCUT2D eigenvalue weighted by Gasteiger charge is 2.28. The summed E-state index contributed by atoms with van der Waals surface area (Å²) in [6, 6.07) is 7.48. The fourth-order valence-corrected chi connectivity index (χ4v) is 3.11. The molecule has 2 heterocycles. The molecule has 21 heavy (non-hydrogen) atoms. The molecule has 0 amide bonds. The SMILES string of the molecule is Clc1ccc(C2OC(CCCN3CCCC3)=NN2Cl)cc1. The van der Waals surface area contributed by atoms with Crippen molar-refractivity contribution in [2.75, 3.05) is 19.6 Å². The van der Waals surface area contributed by atoms with Gasteiger partial charge in [-0.3, -0.25) is 0 Å². The van der Waals surface area contributed by atoms with Crippen LogP contribution in [0.2, 0.25) is 5.02 Å². The van der Waals surface area contributed by atoms with Crippen molar-refractivity contribution >= 4 is 29.3 Å². The van der Waals surface area contributed by atoms with Gasteiger partial charge >= 0.3 is 0 Å². The maximum Gasteiger partial charge on any atom is 0.230 e. The highest BCUT2D eigenvalue weighted by atomic mass is 35.5. The lowest BCUT2D eigenvalue weighted by Crippen LogP contribution is -2.21. The predicted molar refractivity (Wildman–Crippen MR) is 85.3 cm³/mol. The van der Waals surface area contributed by atoms with Gasteiger partial charge in [-0.1, -0.05) is 23.7 Å². The standard InChI is InChI=1S/C15H19Cl2N3O/c16-13-7-5-12(6-8-13)15-20(17)18-14(21-15)4-3-11-19-9-1-2-10-19/h5-8,15H,1-4,9-11H2. The van der Waals surface area contributed by atoms with Crippen molar-refractivity contribution in [2.24, 2.45) is 5.10 Å². The average Bonchev–Trinajstić information content (AvgIpc) is 3.10. The van der Waals surface area contributed by atoms with Crippen LogP contribution in [0.25, 0.3) is 0 Å². The number of ether oxygens (including phenoxy) is 1. The molecule has 1 saturated heterocycles. The topological polar surface area (TPSA) is 28.1 Å². The highest BCUT2D eigenvalue weighted by Crippen LogP contribution is 2.31. The number of benzene rings is 1. The van der Waals surface area contributed by atoms with Crippen LogP contribution in [0.3, 0.4) is 0 Å². The minimum atomic E-state index is -0.356. The molecule has 1 unspecified atom stereocenters. The Morgan fingerprint density at radius 3 is 2.62 bits per heavy atom. The molecule has 0 radical (unpaired) electrons. The minimum Gasteiger partial charge on any atom is -0.449 e. The molecule has 0 bridgehead atoms. The molecular weight excluding hydrogens is 309 g/mol. The molecule has 1 fully saturated rings. The van der Waals surface area contributed by atoms with Crippen LogP contribution in [0, 0.1) is 0 Å². The van der Waals surface area contributed by atoms with E-state index < -0.39 is 0 Å². The molecule has 1 aromatic carbocycles. The first-order valence-electron chi connectivity index (χ1n) is 7.39. The highest BCUT2D eigenvalue weighted by molar-refractivity contribution is 6.30. The first kappa shape index (κ1) is 14.9. The zero-order valence-electron chi connectivity index (χ0n) is 11.8. The van der Waals surface area contributed by atoms with E-state index in [-0.39, 0.29) is 6.23 Å². The van der Waals surface area contributed by atoms with E-state index in [0.717, 1.165) is 24.9 Å². The van der Waals surface area contributed by atoms with Crippen LogP contribution in [0.5, 0.6) is 0 Å². The molecule has 0 spiro atoms. The minimum absolute atomic E-state index is 0.356. The van der Waals surface area contributed by atoms with Gasteiger partial charge in [-0.15, -0.1) is 5.10 Å². The van der Waals surface area contributed by atoms with Gasteiger partial charge < -0.3 is 9.64 Å². The molecule has 0 aromatic heterocycles. The summed E-state index contributed by atoms with van der Waals surface area (Å²) >= 11 is 12.0. The fraction of sp³-hybridized carbons (Fsp3) is 0.533. The molecule has 4 nitrogen and oxygen atoms in total. The van der Waals surface area contributed by atoms with E-state index in [9.17, 15) is 0 Å². The number of halogens is 2. The lowest BCUT2D eigenvalue weighted by Gasteiger charge is -2.16. The second-order valence-electron chi connectivity index (χ2n) is 5.46. The smallest absolute Gasteiger partial charge is 0.230 e. The van der Waals surface area contributed by atoms with Crippen molar-refractivity contribution in [1.29, 1.82) is 0 Å². The van der Waals surface area contributed by atoms with E-state index >= 15 is 0 Å². The van der Waals surface area contributed by atoms with E-state index in [0.29, 0.717) is 10.9 Å². The van der Waals surface area contributed by atoms with Crippen molar-refractivity contribution in [3.63, 3.8) is 0 Å². The normalized spacial score (nSPS) is 22.5. The van der Waals surface area contributed by atoms with E-state index in [1.54, 1.807) is 0 Å². The lowest BCUT2D eigenvalue weighted by molar-refractivity contribution is 0.119. The summed E-state index contributed by atoms with van der Waals surface area (Å²) in [5.41, 5.74) is 0.952. The molecule has 1 atom stereocenters. The van der Waals surface area contributed by atoms with Crippen LogP contribution in [-0.4, -0.2) is 35.0 Å². The summed E-state index contributed by atoms with van der Waals surface area (Å²) in [5.74, 6) is 0.712. The number of hydrazone groups is 1. The molecule has 114 valence electrons. The van der Waals surface area contributed by atoms with Crippen molar-refractivity contribution in [3.05, 3.63) is 34.9 Å². The van der Waals surface area contributed by atoms with Crippen molar-refractivity contribution in [1.82, 2.24) is 9.43 Å². The number of rotatable bonds is 5. The number of hydrogen-bond acceptors (Lipinski definition) is 4. The van der Waals surface area contributed by atoms with E-state index in [4.69, 9.17) is 28.1 Å². The van der Waals surface area contributed by atoms with Gasteiger partial charge in [0.1, 0.15) is 0 Å². The van der Waals surface area contributed by atoms with Gasteiger partial charge in [0.2, 0.25) is 12.1 Å². The van der Waals surface area contributed by atoms with Gasteiger partial charge in [-0.2, -0.15) is 4.53 Å². The summed E-state index contributed by atoms with van der Waals surface area (Å²) in [7, 11) is 0. The molecular formula is C15H19Cl2N3O. The van der Waals surface area contributed by atoms with Gasteiger partial charge in [0.15, 0.2) is 0 Å². The predicted octanol–water partition coefficient (Wildman–Crippen LogP) is 4.01. The molecule has 0 saturated carbocycles. The Hall–Kier alpha value is -0.970.